The molecule has 7 heteroatoms. The highest BCUT2D eigenvalue weighted by Gasteiger charge is 2.19. The predicted octanol–water partition coefficient (Wildman–Crippen LogP) is 2.20. The number of piperidine rings is 1. The minimum absolute atomic E-state index is 0.263. The van der Waals surface area contributed by atoms with Crippen LogP contribution in [0, 0.1) is 0 Å². The van der Waals surface area contributed by atoms with Crippen LogP contribution < -0.4 is 5.32 Å². The number of hydrogen-bond acceptors (Lipinski definition) is 5. The van der Waals surface area contributed by atoms with Crippen molar-refractivity contribution in [1.29, 1.82) is 0 Å². The van der Waals surface area contributed by atoms with Crippen LogP contribution in [0.4, 0.5) is 5.82 Å². The molecule has 2 N–H and O–H groups in total. The zero-order valence-corrected chi connectivity index (χ0v) is 12.2. The number of allylic oxidation sites excluding steroid dienone is 1. The number of anilines is 1. The van der Waals surface area contributed by atoms with Crippen LogP contribution in [0.5, 0.6) is 0 Å². The average Bonchev–Trinajstić information content (AvgIpc) is 2.88. The van der Waals surface area contributed by atoms with E-state index in [1.54, 1.807) is 6.20 Å². The number of hydrogen-bond donors (Lipinski definition) is 2. The standard InChI is InChI=1S/C14H16ClN5O/c15-11-7-16-13-12(11)14(18-9-17-13)19-10-3-1-4-20(8-10)5-2-6-21/h2,5-7,9-10H,1,3-4,8H2,(H2,16,17,18,19)/t10-/m0/s1. The lowest BCUT2D eigenvalue weighted by molar-refractivity contribution is -0.104. The zero-order chi connectivity index (χ0) is 14.7. The van der Waals surface area contributed by atoms with Gasteiger partial charge in [-0.3, -0.25) is 4.79 Å². The summed E-state index contributed by atoms with van der Waals surface area (Å²) in [6.45, 7) is 1.80. The highest BCUT2D eigenvalue weighted by atomic mass is 35.5. The lowest BCUT2D eigenvalue weighted by Gasteiger charge is -2.32. The SMILES string of the molecule is O=CC=CN1CCC[C@H](Nc2ncnc3[nH]cc(Cl)c23)C1. The molecule has 21 heavy (non-hydrogen) atoms. The van der Waals surface area contributed by atoms with E-state index in [9.17, 15) is 4.79 Å². The van der Waals surface area contributed by atoms with Gasteiger partial charge >= 0.3 is 0 Å². The van der Waals surface area contributed by atoms with E-state index in [0.717, 1.165) is 49.1 Å². The van der Waals surface area contributed by atoms with Crippen LogP contribution in [0.2, 0.25) is 5.02 Å². The smallest absolute Gasteiger partial charge is 0.144 e. The van der Waals surface area contributed by atoms with Crippen LogP contribution in [0.3, 0.4) is 0 Å². The van der Waals surface area contributed by atoms with Gasteiger partial charge in [-0.1, -0.05) is 11.6 Å². The molecule has 1 aliphatic heterocycles. The molecule has 0 unspecified atom stereocenters. The molecule has 1 fully saturated rings. The molecule has 0 bridgehead atoms. The summed E-state index contributed by atoms with van der Waals surface area (Å²) in [6, 6.07) is 0.263. The molecule has 3 heterocycles. The Morgan fingerprint density at radius 1 is 1.48 bits per heavy atom. The van der Waals surface area contributed by atoms with Crippen molar-refractivity contribution in [2.24, 2.45) is 0 Å². The quantitative estimate of drug-likeness (QED) is 0.669. The molecule has 1 aliphatic rings. The van der Waals surface area contributed by atoms with Crippen LogP contribution in [-0.4, -0.2) is 45.3 Å². The molecule has 2 aromatic heterocycles. The fraction of sp³-hybridized carbons (Fsp3) is 0.357. The van der Waals surface area contributed by atoms with E-state index in [4.69, 9.17) is 11.6 Å². The Balaban J connectivity index is 1.77. The van der Waals surface area contributed by atoms with Gasteiger partial charge in [-0.15, -0.1) is 0 Å². The van der Waals surface area contributed by atoms with Crippen LogP contribution in [0.25, 0.3) is 11.0 Å². The number of nitrogens with zero attached hydrogens (tertiary/aromatic N) is 3. The summed E-state index contributed by atoms with van der Waals surface area (Å²) in [6.07, 6.45) is 9.50. The van der Waals surface area contributed by atoms with E-state index < -0.39 is 0 Å². The molecule has 0 saturated carbocycles. The van der Waals surface area contributed by atoms with Gasteiger partial charge < -0.3 is 15.2 Å². The number of aromatic nitrogens is 3. The predicted molar refractivity (Wildman–Crippen MR) is 82.3 cm³/mol. The normalized spacial score (nSPS) is 19.3. The van der Waals surface area contributed by atoms with Crippen molar-refractivity contribution < 1.29 is 4.79 Å². The third-order valence-corrected chi connectivity index (χ3v) is 3.89. The van der Waals surface area contributed by atoms with E-state index in [2.05, 4.69) is 25.2 Å². The third-order valence-electron chi connectivity index (χ3n) is 3.59. The zero-order valence-electron chi connectivity index (χ0n) is 11.4. The molecule has 110 valence electrons. The van der Waals surface area contributed by atoms with Crippen molar-refractivity contribution in [3.8, 4) is 0 Å². The summed E-state index contributed by atoms with van der Waals surface area (Å²) in [5, 5.41) is 4.87. The van der Waals surface area contributed by atoms with Crippen molar-refractivity contribution >= 4 is 34.7 Å². The highest BCUT2D eigenvalue weighted by Crippen LogP contribution is 2.28. The van der Waals surface area contributed by atoms with Crippen LogP contribution in [-0.2, 0) is 4.79 Å². The molecule has 2 aromatic rings. The number of fused-ring (bicyclic) bond motifs is 1. The Labute approximate surface area is 127 Å². The highest BCUT2D eigenvalue weighted by molar-refractivity contribution is 6.36. The number of halogens is 1. The minimum Gasteiger partial charge on any atom is -0.375 e. The molecule has 1 atom stereocenters. The lowest BCUT2D eigenvalue weighted by atomic mass is 10.1. The fourth-order valence-corrected chi connectivity index (χ4v) is 2.88. The van der Waals surface area contributed by atoms with E-state index in [1.807, 2.05) is 6.20 Å². The first-order valence-corrected chi connectivity index (χ1v) is 7.26. The Bertz CT molecular complexity index is 668. The van der Waals surface area contributed by atoms with E-state index in [-0.39, 0.29) is 6.04 Å². The second-order valence-corrected chi connectivity index (χ2v) is 5.45. The average molecular weight is 306 g/mol. The Kier molecular flexibility index (Phi) is 4.06. The largest absolute Gasteiger partial charge is 0.375 e. The minimum atomic E-state index is 0.263. The maximum Gasteiger partial charge on any atom is 0.144 e. The summed E-state index contributed by atoms with van der Waals surface area (Å²) >= 11 is 6.18. The Morgan fingerprint density at radius 2 is 2.38 bits per heavy atom. The van der Waals surface area contributed by atoms with Gasteiger partial charge in [-0.05, 0) is 18.9 Å². The summed E-state index contributed by atoms with van der Waals surface area (Å²) in [5.74, 6) is 0.748. The number of rotatable bonds is 4. The van der Waals surface area contributed by atoms with Gasteiger partial charge in [0.1, 0.15) is 24.1 Å². The first-order chi connectivity index (χ1) is 10.3. The molecule has 0 aliphatic carbocycles. The molecule has 0 spiro atoms. The molecular weight excluding hydrogens is 290 g/mol. The van der Waals surface area contributed by atoms with E-state index >= 15 is 0 Å². The molecule has 3 rings (SSSR count). The number of H-pyrrole nitrogens is 1. The number of likely N-dealkylation sites (tertiary alicyclic amines) is 1. The van der Waals surface area contributed by atoms with E-state index in [1.165, 1.54) is 12.4 Å². The molecule has 0 aromatic carbocycles. The molecule has 0 radical (unpaired) electrons. The van der Waals surface area contributed by atoms with Crippen molar-refractivity contribution in [2.45, 2.75) is 18.9 Å². The van der Waals surface area contributed by atoms with Crippen molar-refractivity contribution in [3.05, 3.63) is 29.8 Å². The van der Waals surface area contributed by atoms with Gasteiger partial charge in [0.2, 0.25) is 0 Å². The number of aromatic amines is 1. The van der Waals surface area contributed by atoms with Crippen molar-refractivity contribution in [3.63, 3.8) is 0 Å². The molecule has 1 saturated heterocycles. The number of carbonyl (C=O) groups is 1. The first-order valence-electron chi connectivity index (χ1n) is 6.88. The van der Waals surface area contributed by atoms with Crippen LogP contribution in [0.15, 0.2) is 24.8 Å². The first kappa shape index (κ1) is 13.9. The van der Waals surface area contributed by atoms with Crippen molar-refractivity contribution in [2.75, 3.05) is 18.4 Å². The van der Waals surface area contributed by atoms with Gasteiger partial charge in [0, 0.05) is 31.5 Å². The summed E-state index contributed by atoms with van der Waals surface area (Å²) in [7, 11) is 0. The monoisotopic (exact) mass is 305 g/mol. The topological polar surface area (TPSA) is 73.9 Å². The van der Waals surface area contributed by atoms with Gasteiger partial charge in [-0.2, -0.15) is 0 Å². The third kappa shape index (κ3) is 3.00. The second-order valence-electron chi connectivity index (χ2n) is 5.04. The van der Waals surface area contributed by atoms with Gasteiger partial charge in [0.25, 0.3) is 0 Å². The number of aldehydes is 1. The lowest BCUT2D eigenvalue weighted by Crippen LogP contribution is -2.39. The van der Waals surface area contributed by atoms with Gasteiger partial charge in [0.05, 0.1) is 10.4 Å². The van der Waals surface area contributed by atoms with Crippen molar-refractivity contribution in [1.82, 2.24) is 19.9 Å². The molecular formula is C14H16ClN5O. The summed E-state index contributed by atoms with van der Waals surface area (Å²) in [5.41, 5.74) is 0.728. The molecule has 0 amide bonds. The van der Waals surface area contributed by atoms with Gasteiger partial charge in [-0.25, -0.2) is 9.97 Å². The van der Waals surface area contributed by atoms with Crippen LogP contribution in [0.1, 0.15) is 12.8 Å². The fourth-order valence-electron chi connectivity index (χ4n) is 2.64. The Morgan fingerprint density at radius 3 is 3.24 bits per heavy atom. The number of carbonyl (C=O) groups excluding carboxylic acids is 1. The second kappa shape index (κ2) is 6.13. The van der Waals surface area contributed by atoms with Crippen LogP contribution >= 0.6 is 11.6 Å². The Hall–Kier alpha value is -2.08. The maximum absolute atomic E-state index is 10.4. The van der Waals surface area contributed by atoms with E-state index in [0.29, 0.717) is 5.02 Å². The molecule has 6 nitrogen and oxygen atoms in total. The summed E-state index contributed by atoms with van der Waals surface area (Å²) < 4.78 is 0. The maximum atomic E-state index is 10.4. The number of nitrogens with one attached hydrogen (secondary N) is 2. The summed E-state index contributed by atoms with van der Waals surface area (Å²) in [4.78, 5) is 24.0. The van der Waals surface area contributed by atoms with Gasteiger partial charge in [0.15, 0.2) is 0 Å².